The fourth-order valence-corrected chi connectivity index (χ4v) is 2.12. The average molecular weight is 375 g/mol. The van der Waals surface area contributed by atoms with E-state index in [2.05, 4.69) is 4.99 Å². The molecule has 0 aliphatic carbocycles. The zero-order chi connectivity index (χ0) is 19.9. The molecule has 146 valence electrons. The van der Waals surface area contributed by atoms with Crippen molar-refractivity contribution < 1.29 is 47.6 Å². The van der Waals surface area contributed by atoms with Crippen LogP contribution in [0.5, 0.6) is 0 Å². The molecule has 0 aromatic rings. The van der Waals surface area contributed by atoms with Crippen molar-refractivity contribution in [3.63, 3.8) is 0 Å². The first-order valence-electron chi connectivity index (χ1n) is 7.57. The van der Waals surface area contributed by atoms with Crippen LogP contribution in [0.25, 0.3) is 0 Å². The maximum atomic E-state index is 11.5. The van der Waals surface area contributed by atoms with Gasteiger partial charge in [-0.15, -0.1) is 0 Å². The van der Waals surface area contributed by atoms with Crippen LogP contribution in [0.1, 0.15) is 27.7 Å². The van der Waals surface area contributed by atoms with Gasteiger partial charge in [-0.05, 0) is 0 Å². The number of nitrogens with zero attached hydrogens (tertiary/aromatic N) is 1. The summed E-state index contributed by atoms with van der Waals surface area (Å²) in [7, 11) is 1.24. The van der Waals surface area contributed by atoms with Gasteiger partial charge in [0.15, 0.2) is 18.3 Å². The molecule has 0 saturated heterocycles. The number of esters is 4. The molecule has 0 radical (unpaired) electrons. The Bertz CT molecular complexity index is 587. The second-order valence-corrected chi connectivity index (χ2v) is 5.21. The number of carbonyl (C=O) groups is 4. The molecule has 11 heteroatoms. The van der Waals surface area contributed by atoms with E-state index in [-0.39, 0.29) is 12.7 Å². The van der Waals surface area contributed by atoms with Gasteiger partial charge in [0.05, 0.1) is 7.11 Å². The number of ether oxygens (including phenoxy) is 6. The minimum Gasteiger partial charge on any atom is -0.462 e. The average Bonchev–Trinajstić information content (AvgIpc) is 2.63. The molecular weight excluding hydrogens is 354 g/mol. The lowest BCUT2D eigenvalue weighted by Crippen LogP contribution is -2.50. The van der Waals surface area contributed by atoms with Crippen LogP contribution in [-0.2, 0) is 47.6 Å². The first-order chi connectivity index (χ1) is 12.1. The van der Waals surface area contributed by atoms with Crippen molar-refractivity contribution in [1.29, 1.82) is 0 Å². The number of aliphatic imine (C=N–C) groups is 1. The van der Waals surface area contributed by atoms with E-state index in [9.17, 15) is 19.2 Å². The zero-order valence-electron chi connectivity index (χ0n) is 15.0. The van der Waals surface area contributed by atoms with Crippen molar-refractivity contribution in [2.75, 3.05) is 13.7 Å². The third-order valence-corrected chi connectivity index (χ3v) is 2.97. The van der Waals surface area contributed by atoms with Gasteiger partial charge in [-0.1, -0.05) is 0 Å². The van der Waals surface area contributed by atoms with Crippen LogP contribution in [0.2, 0.25) is 0 Å². The summed E-state index contributed by atoms with van der Waals surface area (Å²) >= 11 is 0. The van der Waals surface area contributed by atoms with E-state index in [1.165, 1.54) is 14.0 Å². The molecule has 1 heterocycles. The lowest BCUT2D eigenvalue weighted by molar-refractivity contribution is -0.191. The molecule has 0 spiro atoms. The highest BCUT2D eigenvalue weighted by Crippen LogP contribution is 2.24. The maximum absolute atomic E-state index is 11.5. The SMILES string of the molecule is COC1=N[C@H](OC(C)=O)[C@@H](OC(C)=O)[C@H](OC(C)=O)[C@@H](COC(C)=O)O1. The third-order valence-electron chi connectivity index (χ3n) is 2.97. The summed E-state index contributed by atoms with van der Waals surface area (Å²) in [5, 5.41) is 0. The first kappa shape index (κ1) is 21.2. The predicted molar refractivity (Wildman–Crippen MR) is 82.6 cm³/mol. The number of hydrogen-bond acceptors (Lipinski definition) is 11. The minimum atomic E-state index is -1.40. The van der Waals surface area contributed by atoms with E-state index in [0.717, 1.165) is 20.8 Å². The van der Waals surface area contributed by atoms with Crippen molar-refractivity contribution in [1.82, 2.24) is 0 Å². The Labute approximate surface area is 149 Å². The van der Waals surface area contributed by atoms with Gasteiger partial charge >= 0.3 is 30.0 Å². The minimum absolute atomic E-state index is 0.333. The Morgan fingerprint density at radius 2 is 1.42 bits per heavy atom. The van der Waals surface area contributed by atoms with Gasteiger partial charge in [0.1, 0.15) is 6.61 Å². The van der Waals surface area contributed by atoms with Crippen LogP contribution in [0.15, 0.2) is 4.99 Å². The molecule has 0 aromatic heterocycles. The molecule has 0 amide bonds. The Kier molecular flexibility index (Phi) is 7.81. The third kappa shape index (κ3) is 6.57. The van der Waals surface area contributed by atoms with Crippen LogP contribution < -0.4 is 0 Å². The van der Waals surface area contributed by atoms with E-state index < -0.39 is 48.4 Å². The maximum Gasteiger partial charge on any atom is 0.387 e. The zero-order valence-corrected chi connectivity index (χ0v) is 15.0. The van der Waals surface area contributed by atoms with Crippen LogP contribution in [-0.4, -0.2) is 68.2 Å². The van der Waals surface area contributed by atoms with E-state index in [0.29, 0.717) is 0 Å². The summed E-state index contributed by atoms with van der Waals surface area (Å²) in [5.41, 5.74) is 0. The summed E-state index contributed by atoms with van der Waals surface area (Å²) in [4.78, 5) is 49.4. The lowest BCUT2D eigenvalue weighted by atomic mass is 10.1. The molecule has 1 rings (SSSR count). The van der Waals surface area contributed by atoms with E-state index in [1.54, 1.807) is 0 Å². The van der Waals surface area contributed by atoms with Crippen LogP contribution in [0.3, 0.4) is 0 Å². The molecule has 0 bridgehead atoms. The van der Waals surface area contributed by atoms with Crippen molar-refractivity contribution >= 4 is 30.0 Å². The van der Waals surface area contributed by atoms with Crippen molar-refractivity contribution in [2.45, 2.75) is 52.2 Å². The van der Waals surface area contributed by atoms with E-state index in [1.807, 2.05) is 0 Å². The smallest absolute Gasteiger partial charge is 0.387 e. The van der Waals surface area contributed by atoms with E-state index >= 15 is 0 Å². The van der Waals surface area contributed by atoms with Gasteiger partial charge in [-0.3, -0.25) is 19.2 Å². The topological polar surface area (TPSA) is 136 Å². The second-order valence-electron chi connectivity index (χ2n) is 5.21. The number of rotatable bonds is 5. The van der Waals surface area contributed by atoms with Crippen LogP contribution >= 0.6 is 0 Å². The van der Waals surface area contributed by atoms with Gasteiger partial charge < -0.3 is 28.4 Å². The quantitative estimate of drug-likeness (QED) is 0.465. The summed E-state index contributed by atoms with van der Waals surface area (Å²) in [5.74, 6) is -2.82. The fourth-order valence-electron chi connectivity index (χ4n) is 2.12. The molecule has 0 saturated carbocycles. The molecule has 0 unspecified atom stereocenters. The predicted octanol–water partition coefficient (Wildman–Crippen LogP) is -0.297. The van der Waals surface area contributed by atoms with Gasteiger partial charge in [0, 0.05) is 27.7 Å². The van der Waals surface area contributed by atoms with Crippen molar-refractivity contribution in [3.8, 4) is 0 Å². The summed E-state index contributed by atoms with van der Waals surface area (Å²) < 4.78 is 30.7. The number of methoxy groups -OCH3 is 1. The highest BCUT2D eigenvalue weighted by molar-refractivity contribution is 5.71. The van der Waals surface area contributed by atoms with Crippen LogP contribution in [0.4, 0.5) is 0 Å². The number of carbonyl (C=O) groups excluding carboxylic acids is 4. The first-order valence-corrected chi connectivity index (χ1v) is 7.57. The second kappa shape index (κ2) is 9.59. The standard InChI is InChI=1S/C15H21NO10/c1-7(17)22-6-11-12(23-8(2)18)13(24-9(3)19)14(25-10(4)20)16-15(21-5)26-11/h11-14H,6H2,1-5H3/t11-,12-,13+,14-/m1/s1. The number of hydrogen-bond donors (Lipinski definition) is 0. The highest BCUT2D eigenvalue weighted by Gasteiger charge is 2.46. The molecule has 0 aromatic carbocycles. The van der Waals surface area contributed by atoms with Crippen molar-refractivity contribution in [2.24, 2.45) is 4.99 Å². The molecule has 11 nitrogen and oxygen atoms in total. The van der Waals surface area contributed by atoms with Crippen molar-refractivity contribution in [3.05, 3.63) is 0 Å². The fraction of sp³-hybridized carbons (Fsp3) is 0.667. The lowest BCUT2D eigenvalue weighted by Gasteiger charge is -2.31. The normalized spacial score (nSPS) is 24.9. The van der Waals surface area contributed by atoms with Crippen LogP contribution in [0, 0.1) is 0 Å². The molecule has 1 aliphatic heterocycles. The molecule has 4 atom stereocenters. The summed E-state index contributed by atoms with van der Waals surface area (Å²) in [6, 6.07) is 0. The molecule has 0 fully saturated rings. The van der Waals surface area contributed by atoms with Gasteiger partial charge in [0.2, 0.25) is 6.23 Å². The Balaban J connectivity index is 3.31. The van der Waals surface area contributed by atoms with Gasteiger partial charge in [-0.2, -0.15) is 4.99 Å². The Hall–Kier alpha value is -2.85. The summed E-state index contributed by atoms with van der Waals surface area (Å²) in [6.45, 7) is 4.17. The van der Waals surface area contributed by atoms with Gasteiger partial charge in [-0.25, -0.2) is 0 Å². The molecular formula is C15H21NO10. The Morgan fingerprint density at radius 1 is 0.885 bits per heavy atom. The van der Waals surface area contributed by atoms with Gasteiger partial charge in [0.25, 0.3) is 0 Å². The van der Waals surface area contributed by atoms with E-state index in [4.69, 9.17) is 28.4 Å². The molecule has 0 N–H and O–H groups in total. The Morgan fingerprint density at radius 3 is 1.88 bits per heavy atom. The molecule has 26 heavy (non-hydrogen) atoms. The largest absolute Gasteiger partial charge is 0.462 e. The molecule has 1 aliphatic rings. The summed E-state index contributed by atoms with van der Waals surface area (Å²) in [6.07, 6.45) is -5.52. The monoisotopic (exact) mass is 375 g/mol. The highest BCUT2D eigenvalue weighted by atomic mass is 16.7.